The Kier molecular flexibility index (Phi) is 15.8. The molecule has 1 fully saturated rings. The number of hydrogen-bond donors (Lipinski definition) is 1. The predicted molar refractivity (Wildman–Crippen MR) is 156 cm³/mol. The summed E-state index contributed by atoms with van der Waals surface area (Å²) in [7, 11) is 1.81. The minimum absolute atomic E-state index is 0. The van der Waals surface area contributed by atoms with E-state index in [-0.39, 0.29) is 19.4 Å². The molecule has 1 saturated heterocycles. The van der Waals surface area contributed by atoms with Crippen molar-refractivity contribution >= 4 is 37.5 Å². The highest BCUT2D eigenvalue weighted by Crippen LogP contribution is 2.33. The van der Waals surface area contributed by atoms with Gasteiger partial charge in [0.2, 0.25) is 5.91 Å². The minimum atomic E-state index is -0.770. The van der Waals surface area contributed by atoms with Crippen LogP contribution in [0.5, 0.6) is 11.5 Å². The normalized spacial score (nSPS) is 18.6. The first kappa shape index (κ1) is 32.6. The summed E-state index contributed by atoms with van der Waals surface area (Å²) in [4.78, 5) is 16.5. The fraction of sp³-hybridized carbons (Fsp3) is 0.481. The van der Waals surface area contributed by atoms with Gasteiger partial charge in [-0.3, -0.25) is 4.79 Å². The molecule has 1 amide bonds. The zero-order valence-electron chi connectivity index (χ0n) is 22.1. The summed E-state index contributed by atoms with van der Waals surface area (Å²) in [5, 5.41) is 0. The van der Waals surface area contributed by atoms with Crippen molar-refractivity contribution in [3.63, 3.8) is 0 Å². The Labute approximate surface area is 232 Å². The van der Waals surface area contributed by atoms with Gasteiger partial charge >= 0.3 is 0 Å². The number of ether oxygens (including phenoxy) is 3. The Hall–Kier alpha value is -2.40. The zero-order chi connectivity index (χ0) is 26.2. The lowest BCUT2D eigenvalue weighted by atomic mass is 9.89. The third-order valence-corrected chi connectivity index (χ3v) is 6.46. The van der Waals surface area contributed by atoms with E-state index in [1.54, 1.807) is 4.31 Å². The van der Waals surface area contributed by atoms with Gasteiger partial charge in [0.1, 0.15) is 35.9 Å². The van der Waals surface area contributed by atoms with E-state index in [4.69, 9.17) is 24.1 Å². The fourth-order valence-electron chi connectivity index (χ4n) is 3.55. The van der Waals surface area contributed by atoms with E-state index in [0.717, 1.165) is 30.8 Å². The van der Waals surface area contributed by atoms with Crippen LogP contribution in [0.3, 0.4) is 0 Å². The molecule has 0 radical (unpaired) electrons. The third-order valence-electron chi connectivity index (χ3n) is 5.62. The number of carbonyl (C=O) groups excluding carboxylic acids is 1. The van der Waals surface area contributed by atoms with Crippen molar-refractivity contribution in [1.82, 2.24) is 4.31 Å². The molecule has 8 nitrogen and oxygen atoms in total. The number of rotatable bonds is 10. The van der Waals surface area contributed by atoms with Gasteiger partial charge in [-0.1, -0.05) is 38.7 Å². The van der Waals surface area contributed by atoms with Crippen molar-refractivity contribution in [3.8, 4) is 11.5 Å². The molecule has 2 aliphatic rings. The summed E-state index contributed by atoms with van der Waals surface area (Å²) in [5.74, 6) is 1.69. The molecular formula is C27H41N3O5S2. The third kappa shape index (κ3) is 10.9. The standard InChI is InChI=1S/C25H33N3O5S.C2H6.H2S/c1-20-8-5-3-4-6-16-32-23(27-20)9-7-17-31-21-10-12-22(13-11-21)33-34-28(2)25(24(26)29)14-18-30-19-15-25;1-2;/h4-6,8,10-13H,1,3,7,9,14-19H2,2H3,(H2,26,29);1-2H3;1H2/b6-4-,8-5-,27-23?;;. The summed E-state index contributed by atoms with van der Waals surface area (Å²) in [6.07, 6.45) is 11.3. The average molecular weight is 552 g/mol. The molecule has 0 aromatic heterocycles. The minimum Gasteiger partial charge on any atom is -0.494 e. The number of nitrogens with zero attached hydrogens (tertiary/aromatic N) is 2. The van der Waals surface area contributed by atoms with E-state index < -0.39 is 5.54 Å². The zero-order valence-corrected chi connectivity index (χ0v) is 23.9. The number of aliphatic imine (C=N–C) groups is 1. The van der Waals surface area contributed by atoms with Crippen LogP contribution in [-0.2, 0) is 14.3 Å². The molecular weight excluding hydrogens is 510 g/mol. The topological polar surface area (TPSA) is 95.6 Å². The summed E-state index contributed by atoms with van der Waals surface area (Å²) >= 11 is 1.10. The Bertz CT molecular complexity index is 913. The molecule has 1 aromatic rings. The highest BCUT2D eigenvalue weighted by molar-refractivity contribution is 7.92. The van der Waals surface area contributed by atoms with Gasteiger partial charge < -0.3 is 24.1 Å². The maximum atomic E-state index is 12.1. The van der Waals surface area contributed by atoms with E-state index in [0.29, 0.717) is 63.0 Å². The van der Waals surface area contributed by atoms with Crippen LogP contribution in [0.2, 0.25) is 0 Å². The Morgan fingerprint density at radius 3 is 2.51 bits per heavy atom. The second-order valence-corrected chi connectivity index (χ2v) is 8.87. The molecule has 0 aliphatic carbocycles. The summed E-state index contributed by atoms with van der Waals surface area (Å²) in [6, 6.07) is 7.36. The van der Waals surface area contributed by atoms with Crippen molar-refractivity contribution in [1.29, 1.82) is 0 Å². The van der Waals surface area contributed by atoms with Crippen LogP contribution in [0.4, 0.5) is 0 Å². The van der Waals surface area contributed by atoms with Crippen LogP contribution in [0.15, 0.2) is 65.8 Å². The molecule has 0 spiro atoms. The second-order valence-electron chi connectivity index (χ2n) is 8.00. The Balaban J connectivity index is 0.00000223. The molecule has 37 heavy (non-hydrogen) atoms. The van der Waals surface area contributed by atoms with Gasteiger partial charge in [0, 0.05) is 26.7 Å². The Morgan fingerprint density at radius 2 is 1.84 bits per heavy atom. The van der Waals surface area contributed by atoms with Crippen molar-refractivity contribution in [2.45, 2.75) is 51.5 Å². The van der Waals surface area contributed by atoms with E-state index in [1.807, 2.05) is 63.4 Å². The number of hydrogen-bond acceptors (Lipinski definition) is 8. The molecule has 2 aliphatic heterocycles. The van der Waals surface area contributed by atoms with Crippen LogP contribution in [-0.4, -0.2) is 55.1 Å². The van der Waals surface area contributed by atoms with Crippen LogP contribution < -0.4 is 14.7 Å². The lowest BCUT2D eigenvalue weighted by Crippen LogP contribution is -2.56. The van der Waals surface area contributed by atoms with Gasteiger partial charge in [-0.05, 0) is 56.0 Å². The largest absolute Gasteiger partial charge is 0.494 e. The molecule has 0 atom stereocenters. The van der Waals surface area contributed by atoms with Gasteiger partial charge in [0.15, 0.2) is 5.90 Å². The van der Waals surface area contributed by atoms with Gasteiger partial charge in [0.05, 0.1) is 12.3 Å². The molecule has 2 heterocycles. The van der Waals surface area contributed by atoms with Gasteiger partial charge in [-0.2, -0.15) is 13.5 Å². The van der Waals surface area contributed by atoms with Gasteiger partial charge in [-0.15, -0.1) is 0 Å². The molecule has 1 aromatic carbocycles. The number of benzene rings is 1. The van der Waals surface area contributed by atoms with Crippen LogP contribution in [0.25, 0.3) is 0 Å². The smallest absolute Gasteiger partial charge is 0.239 e. The molecule has 3 rings (SSSR count). The van der Waals surface area contributed by atoms with Gasteiger partial charge in [0.25, 0.3) is 0 Å². The molecule has 206 valence electrons. The number of likely N-dealkylation sites (N-methyl/N-ethyl adjacent to an activating group) is 1. The first-order chi connectivity index (χ1) is 17.5. The lowest BCUT2D eigenvalue weighted by Gasteiger charge is -2.39. The molecule has 0 bridgehead atoms. The molecule has 2 N–H and O–H groups in total. The average Bonchev–Trinajstić information content (AvgIpc) is 2.91. The van der Waals surface area contributed by atoms with Crippen molar-refractivity contribution in [2.75, 3.05) is 33.5 Å². The molecule has 0 saturated carbocycles. The van der Waals surface area contributed by atoms with Crippen molar-refractivity contribution in [3.05, 3.63) is 60.8 Å². The predicted octanol–water partition coefficient (Wildman–Crippen LogP) is 5.34. The van der Waals surface area contributed by atoms with Crippen molar-refractivity contribution < 1.29 is 23.2 Å². The van der Waals surface area contributed by atoms with E-state index >= 15 is 0 Å². The maximum Gasteiger partial charge on any atom is 0.239 e. The van der Waals surface area contributed by atoms with E-state index in [9.17, 15) is 4.79 Å². The highest BCUT2D eigenvalue weighted by Gasteiger charge is 2.43. The first-order valence-corrected chi connectivity index (χ1v) is 13.1. The summed E-state index contributed by atoms with van der Waals surface area (Å²) in [6.45, 7) is 9.97. The van der Waals surface area contributed by atoms with Crippen LogP contribution in [0.1, 0.15) is 46.0 Å². The molecule has 10 heteroatoms. The van der Waals surface area contributed by atoms with Crippen molar-refractivity contribution in [2.24, 2.45) is 10.7 Å². The maximum absolute atomic E-state index is 12.1. The van der Waals surface area contributed by atoms with Crippen LogP contribution >= 0.6 is 25.7 Å². The lowest BCUT2D eigenvalue weighted by molar-refractivity contribution is -0.131. The highest BCUT2D eigenvalue weighted by atomic mass is 32.2. The number of carbonyl (C=O) groups is 1. The number of amides is 1. The van der Waals surface area contributed by atoms with Gasteiger partial charge in [-0.25, -0.2) is 9.30 Å². The quantitative estimate of drug-likeness (QED) is 0.182. The Morgan fingerprint density at radius 1 is 1.16 bits per heavy atom. The number of allylic oxidation sites excluding steroid dienone is 3. The molecule has 0 unspecified atom stereocenters. The SMILES string of the molecule is C=C1/C=C\C/C=C\COC(CCCOc2ccc(OSN(C)C3(C(N)=O)CCOCC3)cc2)=N1.CC.S. The monoisotopic (exact) mass is 551 g/mol. The summed E-state index contributed by atoms with van der Waals surface area (Å²) < 4.78 is 24.5. The first-order valence-electron chi connectivity index (χ1n) is 12.4. The van der Waals surface area contributed by atoms with E-state index in [2.05, 4.69) is 17.6 Å². The second kappa shape index (κ2) is 18.0. The fourth-order valence-corrected chi connectivity index (χ4v) is 4.27. The van der Waals surface area contributed by atoms with Crippen LogP contribution in [0, 0.1) is 0 Å². The van der Waals surface area contributed by atoms with E-state index in [1.165, 1.54) is 0 Å². The number of nitrogens with two attached hydrogens (primary N) is 1. The number of primary amides is 1. The summed E-state index contributed by atoms with van der Waals surface area (Å²) in [5.41, 5.74) is 5.60.